The lowest BCUT2D eigenvalue weighted by atomic mass is 9.84. The van der Waals surface area contributed by atoms with E-state index in [1.54, 1.807) is 12.1 Å². The number of carbonyl (C=O) groups excluding carboxylic acids is 1. The van der Waals surface area contributed by atoms with E-state index >= 15 is 0 Å². The van der Waals surface area contributed by atoms with Crippen molar-refractivity contribution < 1.29 is 14.7 Å². The van der Waals surface area contributed by atoms with Crippen LogP contribution >= 0.6 is 0 Å². The SMILES string of the molecule is CCC1(C(=O)O)CCN(c2ccnc(C(N)=O)c2)C1. The topological polar surface area (TPSA) is 96.5 Å². The molecule has 1 amide bonds. The van der Waals surface area contributed by atoms with E-state index in [-0.39, 0.29) is 5.69 Å². The highest BCUT2D eigenvalue weighted by Crippen LogP contribution is 2.36. The predicted molar refractivity (Wildman–Crippen MR) is 69.9 cm³/mol. The van der Waals surface area contributed by atoms with Crippen LogP contribution in [0, 0.1) is 5.41 Å². The van der Waals surface area contributed by atoms with Crippen LogP contribution in [0.3, 0.4) is 0 Å². The quantitative estimate of drug-likeness (QED) is 0.840. The maximum Gasteiger partial charge on any atom is 0.311 e. The van der Waals surface area contributed by atoms with Crippen LogP contribution in [-0.4, -0.2) is 35.1 Å². The van der Waals surface area contributed by atoms with Crippen molar-refractivity contribution in [1.29, 1.82) is 0 Å². The number of primary amides is 1. The molecule has 0 bridgehead atoms. The molecule has 19 heavy (non-hydrogen) atoms. The molecule has 1 aliphatic rings. The predicted octanol–water partition coefficient (Wildman–Crippen LogP) is 0.872. The van der Waals surface area contributed by atoms with E-state index in [1.165, 1.54) is 6.20 Å². The van der Waals surface area contributed by atoms with Crippen molar-refractivity contribution in [1.82, 2.24) is 4.98 Å². The summed E-state index contributed by atoms with van der Waals surface area (Å²) in [6.45, 7) is 2.99. The number of pyridine rings is 1. The van der Waals surface area contributed by atoms with Crippen LogP contribution < -0.4 is 10.6 Å². The first kappa shape index (κ1) is 13.3. The maximum atomic E-state index is 11.4. The second kappa shape index (κ2) is 4.87. The van der Waals surface area contributed by atoms with E-state index in [0.29, 0.717) is 25.9 Å². The molecule has 2 rings (SSSR count). The molecule has 6 nitrogen and oxygen atoms in total. The molecule has 2 heterocycles. The van der Waals surface area contributed by atoms with Gasteiger partial charge in [-0.05, 0) is 25.0 Å². The van der Waals surface area contributed by atoms with Gasteiger partial charge in [-0.15, -0.1) is 0 Å². The monoisotopic (exact) mass is 263 g/mol. The number of anilines is 1. The molecule has 0 saturated carbocycles. The Morgan fingerprint density at radius 2 is 2.32 bits per heavy atom. The molecule has 1 aromatic heterocycles. The number of nitrogens with zero attached hydrogens (tertiary/aromatic N) is 2. The molecule has 0 aromatic carbocycles. The lowest BCUT2D eigenvalue weighted by Crippen LogP contribution is -2.34. The van der Waals surface area contributed by atoms with Crippen LogP contribution in [-0.2, 0) is 4.79 Å². The molecule has 1 saturated heterocycles. The Morgan fingerprint density at radius 1 is 1.58 bits per heavy atom. The minimum atomic E-state index is -0.762. The van der Waals surface area contributed by atoms with Crippen LogP contribution in [0.25, 0.3) is 0 Å². The molecular weight excluding hydrogens is 246 g/mol. The Labute approximate surface area is 111 Å². The molecule has 0 aliphatic carbocycles. The smallest absolute Gasteiger partial charge is 0.311 e. The first-order valence-corrected chi connectivity index (χ1v) is 6.23. The summed E-state index contributed by atoms with van der Waals surface area (Å²) in [4.78, 5) is 28.3. The van der Waals surface area contributed by atoms with E-state index in [2.05, 4.69) is 4.98 Å². The number of amides is 1. The highest BCUT2D eigenvalue weighted by molar-refractivity contribution is 5.91. The summed E-state index contributed by atoms with van der Waals surface area (Å²) in [7, 11) is 0. The molecule has 0 radical (unpaired) electrons. The first-order valence-electron chi connectivity index (χ1n) is 6.23. The molecule has 1 unspecified atom stereocenters. The molecule has 1 aliphatic heterocycles. The van der Waals surface area contributed by atoms with Crippen molar-refractivity contribution in [3.05, 3.63) is 24.0 Å². The van der Waals surface area contributed by atoms with E-state index in [9.17, 15) is 14.7 Å². The number of rotatable bonds is 4. The summed E-state index contributed by atoms with van der Waals surface area (Å²) < 4.78 is 0. The number of carboxylic acids is 1. The Hall–Kier alpha value is -2.11. The highest BCUT2D eigenvalue weighted by atomic mass is 16.4. The fourth-order valence-corrected chi connectivity index (χ4v) is 2.46. The van der Waals surface area contributed by atoms with Gasteiger partial charge in [-0.3, -0.25) is 14.6 Å². The van der Waals surface area contributed by atoms with Gasteiger partial charge in [0.05, 0.1) is 5.41 Å². The molecule has 3 N–H and O–H groups in total. The minimum Gasteiger partial charge on any atom is -0.481 e. The van der Waals surface area contributed by atoms with Gasteiger partial charge in [-0.1, -0.05) is 6.92 Å². The fourth-order valence-electron chi connectivity index (χ4n) is 2.46. The Kier molecular flexibility index (Phi) is 3.42. The molecule has 1 aromatic rings. The van der Waals surface area contributed by atoms with Crippen molar-refractivity contribution in [3.63, 3.8) is 0 Å². The number of carbonyl (C=O) groups is 2. The van der Waals surface area contributed by atoms with Crippen molar-refractivity contribution in [3.8, 4) is 0 Å². The van der Waals surface area contributed by atoms with Crippen molar-refractivity contribution in [2.24, 2.45) is 11.1 Å². The second-order valence-corrected chi connectivity index (χ2v) is 4.87. The summed E-state index contributed by atoms with van der Waals surface area (Å²) in [6, 6.07) is 3.37. The third-order valence-electron chi connectivity index (χ3n) is 3.85. The van der Waals surface area contributed by atoms with Gasteiger partial charge in [0.2, 0.25) is 0 Å². The molecule has 6 heteroatoms. The van der Waals surface area contributed by atoms with Crippen molar-refractivity contribution in [2.45, 2.75) is 19.8 Å². The fraction of sp³-hybridized carbons (Fsp3) is 0.462. The van der Waals surface area contributed by atoms with E-state index in [1.807, 2.05) is 11.8 Å². The average Bonchev–Trinajstić information content (AvgIpc) is 2.84. The van der Waals surface area contributed by atoms with Gasteiger partial charge in [0, 0.05) is 25.0 Å². The lowest BCUT2D eigenvalue weighted by molar-refractivity contribution is -0.147. The van der Waals surface area contributed by atoms with Crippen LogP contribution in [0.4, 0.5) is 5.69 Å². The summed E-state index contributed by atoms with van der Waals surface area (Å²) in [5.74, 6) is -1.34. The van der Waals surface area contributed by atoms with Crippen LogP contribution in [0.15, 0.2) is 18.3 Å². The Bertz CT molecular complexity index is 518. The first-order chi connectivity index (χ1) is 8.98. The van der Waals surface area contributed by atoms with Gasteiger partial charge in [-0.25, -0.2) is 0 Å². The van der Waals surface area contributed by atoms with E-state index in [0.717, 1.165) is 5.69 Å². The number of nitrogens with two attached hydrogens (primary N) is 1. The minimum absolute atomic E-state index is 0.196. The average molecular weight is 263 g/mol. The summed E-state index contributed by atoms with van der Waals surface area (Å²) in [5, 5.41) is 9.36. The number of aliphatic carboxylic acids is 1. The summed E-state index contributed by atoms with van der Waals surface area (Å²) >= 11 is 0. The Balaban J connectivity index is 2.23. The number of carboxylic acid groups (broad SMARTS) is 1. The summed E-state index contributed by atoms with van der Waals surface area (Å²) in [5.41, 5.74) is 5.48. The standard InChI is InChI=1S/C13H17N3O3/c1-2-13(12(18)19)4-6-16(8-13)9-3-5-15-10(7-9)11(14)17/h3,5,7H,2,4,6,8H2,1H3,(H2,14,17)(H,18,19). The normalized spacial score (nSPS) is 22.5. The zero-order valence-corrected chi connectivity index (χ0v) is 10.8. The van der Waals surface area contributed by atoms with E-state index in [4.69, 9.17) is 5.73 Å². The lowest BCUT2D eigenvalue weighted by Gasteiger charge is -2.24. The molecule has 0 spiro atoms. The van der Waals surface area contributed by atoms with Gasteiger partial charge in [0.1, 0.15) is 5.69 Å². The molecular formula is C13H17N3O3. The summed E-state index contributed by atoms with van der Waals surface area (Å²) in [6.07, 6.45) is 2.71. The third kappa shape index (κ3) is 2.38. The van der Waals surface area contributed by atoms with Crippen molar-refractivity contribution in [2.75, 3.05) is 18.0 Å². The van der Waals surface area contributed by atoms with Gasteiger partial charge < -0.3 is 15.7 Å². The van der Waals surface area contributed by atoms with Gasteiger partial charge in [0.15, 0.2) is 0 Å². The number of aromatic nitrogens is 1. The number of hydrogen-bond donors (Lipinski definition) is 2. The van der Waals surface area contributed by atoms with Crippen LogP contribution in [0.2, 0.25) is 0 Å². The van der Waals surface area contributed by atoms with Crippen LogP contribution in [0.1, 0.15) is 30.3 Å². The highest BCUT2D eigenvalue weighted by Gasteiger charge is 2.43. The third-order valence-corrected chi connectivity index (χ3v) is 3.85. The maximum absolute atomic E-state index is 11.4. The number of hydrogen-bond acceptors (Lipinski definition) is 4. The van der Waals surface area contributed by atoms with Crippen LogP contribution in [0.5, 0.6) is 0 Å². The van der Waals surface area contributed by atoms with Gasteiger partial charge in [0.25, 0.3) is 5.91 Å². The largest absolute Gasteiger partial charge is 0.481 e. The zero-order valence-electron chi connectivity index (χ0n) is 10.8. The van der Waals surface area contributed by atoms with Crippen molar-refractivity contribution >= 4 is 17.6 Å². The molecule has 102 valence electrons. The zero-order chi connectivity index (χ0) is 14.0. The van der Waals surface area contributed by atoms with Gasteiger partial charge in [-0.2, -0.15) is 0 Å². The Morgan fingerprint density at radius 3 is 2.84 bits per heavy atom. The second-order valence-electron chi connectivity index (χ2n) is 4.87. The van der Waals surface area contributed by atoms with Gasteiger partial charge >= 0.3 is 5.97 Å². The molecule has 1 fully saturated rings. The van der Waals surface area contributed by atoms with E-state index < -0.39 is 17.3 Å². The molecule has 1 atom stereocenters.